The third kappa shape index (κ3) is 6.15. The molecule has 188 valence electrons. The average Bonchev–Trinajstić information content (AvgIpc) is 3.50. The standard InChI is InChI=1S/C31H31N3O3/c1-36-31(35)26-11-7-10-24(20-26)21-34(27-12-5-6-13-27)29-18-19-32-30(33-29)25-14-16-28(17-15-25)37-22-23-8-3-2-4-9-23/h2-4,7-11,14-20,27H,5-6,12-13,21-22H2,1H3. The zero-order valence-electron chi connectivity index (χ0n) is 21.0. The van der Waals surface area contributed by atoms with E-state index >= 15 is 0 Å². The van der Waals surface area contributed by atoms with Gasteiger partial charge in [0.05, 0.1) is 12.7 Å². The summed E-state index contributed by atoms with van der Waals surface area (Å²) in [5, 5.41) is 0. The number of methoxy groups -OCH3 is 1. The molecule has 0 atom stereocenters. The molecule has 1 aliphatic carbocycles. The predicted octanol–water partition coefficient (Wildman–Crippen LogP) is 6.46. The monoisotopic (exact) mass is 493 g/mol. The van der Waals surface area contributed by atoms with E-state index in [1.807, 2.05) is 72.9 Å². The van der Waals surface area contributed by atoms with E-state index in [9.17, 15) is 4.79 Å². The zero-order chi connectivity index (χ0) is 25.5. The minimum Gasteiger partial charge on any atom is -0.489 e. The first kappa shape index (κ1) is 24.5. The predicted molar refractivity (Wildman–Crippen MR) is 144 cm³/mol. The van der Waals surface area contributed by atoms with Gasteiger partial charge in [-0.1, -0.05) is 55.3 Å². The van der Waals surface area contributed by atoms with Gasteiger partial charge in [0.15, 0.2) is 5.82 Å². The Hall–Kier alpha value is -4.19. The molecule has 0 spiro atoms. The molecule has 6 nitrogen and oxygen atoms in total. The summed E-state index contributed by atoms with van der Waals surface area (Å²) in [7, 11) is 1.41. The number of rotatable bonds is 9. The molecule has 1 aromatic heterocycles. The number of ether oxygens (including phenoxy) is 2. The Kier molecular flexibility index (Phi) is 7.75. The highest BCUT2D eigenvalue weighted by atomic mass is 16.5. The van der Waals surface area contributed by atoms with Gasteiger partial charge in [-0.25, -0.2) is 14.8 Å². The molecule has 1 fully saturated rings. The summed E-state index contributed by atoms with van der Waals surface area (Å²) < 4.78 is 10.8. The van der Waals surface area contributed by atoms with E-state index in [2.05, 4.69) is 22.0 Å². The maximum absolute atomic E-state index is 12.1. The Morgan fingerprint density at radius 3 is 2.43 bits per heavy atom. The molecule has 37 heavy (non-hydrogen) atoms. The van der Waals surface area contributed by atoms with Crippen LogP contribution in [0.4, 0.5) is 5.82 Å². The first-order valence-corrected chi connectivity index (χ1v) is 12.7. The topological polar surface area (TPSA) is 64.5 Å². The lowest BCUT2D eigenvalue weighted by molar-refractivity contribution is 0.0600. The summed E-state index contributed by atoms with van der Waals surface area (Å²) in [6.07, 6.45) is 6.51. The number of nitrogens with zero attached hydrogens (tertiary/aromatic N) is 3. The highest BCUT2D eigenvalue weighted by molar-refractivity contribution is 5.89. The van der Waals surface area contributed by atoms with Crippen LogP contribution in [0.3, 0.4) is 0 Å². The van der Waals surface area contributed by atoms with Crippen LogP contribution in [0, 0.1) is 0 Å². The molecule has 0 saturated heterocycles. The van der Waals surface area contributed by atoms with E-state index in [0.29, 0.717) is 30.6 Å². The molecule has 0 aliphatic heterocycles. The molecule has 0 unspecified atom stereocenters. The van der Waals surface area contributed by atoms with E-state index in [0.717, 1.165) is 41.1 Å². The molecule has 1 heterocycles. The van der Waals surface area contributed by atoms with Crippen LogP contribution in [0.25, 0.3) is 11.4 Å². The quantitative estimate of drug-likeness (QED) is 0.249. The Labute approximate surface area is 217 Å². The highest BCUT2D eigenvalue weighted by Gasteiger charge is 2.25. The third-order valence-corrected chi connectivity index (χ3v) is 6.76. The van der Waals surface area contributed by atoms with Gasteiger partial charge in [-0.15, -0.1) is 0 Å². The molecule has 1 saturated carbocycles. The second kappa shape index (κ2) is 11.7. The van der Waals surface area contributed by atoms with Crippen molar-refractivity contribution in [3.05, 3.63) is 108 Å². The second-order valence-electron chi connectivity index (χ2n) is 9.30. The van der Waals surface area contributed by atoms with Crippen LogP contribution in [-0.4, -0.2) is 29.1 Å². The number of carbonyl (C=O) groups is 1. The van der Waals surface area contributed by atoms with Crippen molar-refractivity contribution in [3.63, 3.8) is 0 Å². The fraction of sp³-hybridized carbons (Fsp3) is 0.258. The van der Waals surface area contributed by atoms with E-state index < -0.39 is 0 Å². The highest BCUT2D eigenvalue weighted by Crippen LogP contribution is 2.30. The lowest BCUT2D eigenvalue weighted by atomic mass is 10.1. The summed E-state index contributed by atoms with van der Waals surface area (Å²) >= 11 is 0. The summed E-state index contributed by atoms with van der Waals surface area (Å²) in [4.78, 5) is 23.9. The molecule has 6 heteroatoms. The molecule has 1 aliphatic rings. The smallest absolute Gasteiger partial charge is 0.337 e. The van der Waals surface area contributed by atoms with E-state index in [4.69, 9.17) is 14.5 Å². The van der Waals surface area contributed by atoms with Crippen LogP contribution < -0.4 is 9.64 Å². The maximum atomic E-state index is 12.1. The molecule has 0 bridgehead atoms. The summed E-state index contributed by atoms with van der Waals surface area (Å²) in [5.74, 6) is 2.06. The lowest BCUT2D eigenvalue weighted by Gasteiger charge is -2.30. The minimum atomic E-state index is -0.324. The van der Waals surface area contributed by atoms with Crippen LogP contribution >= 0.6 is 0 Å². The number of hydrogen-bond acceptors (Lipinski definition) is 6. The number of aromatic nitrogens is 2. The van der Waals surface area contributed by atoms with Crippen molar-refractivity contribution in [1.82, 2.24) is 9.97 Å². The largest absolute Gasteiger partial charge is 0.489 e. The van der Waals surface area contributed by atoms with Gasteiger partial charge in [0.2, 0.25) is 0 Å². The number of benzene rings is 3. The minimum absolute atomic E-state index is 0.324. The molecule has 0 amide bonds. The fourth-order valence-corrected chi connectivity index (χ4v) is 4.81. The van der Waals surface area contributed by atoms with E-state index in [-0.39, 0.29) is 5.97 Å². The SMILES string of the molecule is COC(=O)c1cccc(CN(c2ccnc(-c3ccc(OCc4ccccc4)cc3)n2)C2CCCC2)c1. The zero-order valence-corrected chi connectivity index (χ0v) is 21.0. The summed E-state index contributed by atoms with van der Waals surface area (Å²) in [6, 6.07) is 28.1. The molecule has 4 aromatic rings. The average molecular weight is 494 g/mol. The van der Waals surface area contributed by atoms with Gasteiger partial charge < -0.3 is 14.4 Å². The molecular formula is C31H31N3O3. The van der Waals surface area contributed by atoms with Gasteiger partial charge in [0.1, 0.15) is 18.2 Å². The van der Waals surface area contributed by atoms with Gasteiger partial charge in [-0.05, 0) is 66.4 Å². The molecule has 5 rings (SSSR count). The Balaban J connectivity index is 1.35. The number of hydrogen-bond donors (Lipinski definition) is 0. The molecule has 0 radical (unpaired) electrons. The molecule has 0 N–H and O–H groups in total. The number of anilines is 1. The Morgan fingerprint density at radius 1 is 0.919 bits per heavy atom. The summed E-state index contributed by atoms with van der Waals surface area (Å²) in [5.41, 5.74) is 3.68. The van der Waals surface area contributed by atoms with Crippen molar-refractivity contribution in [2.45, 2.75) is 44.9 Å². The van der Waals surface area contributed by atoms with Gasteiger partial charge in [-0.3, -0.25) is 0 Å². The van der Waals surface area contributed by atoms with Crippen LogP contribution in [0.15, 0.2) is 91.1 Å². The van der Waals surface area contributed by atoms with Crippen LogP contribution in [0.5, 0.6) is 5.75 Å². The van der Waals surface area contributed by atoms with Gasteiger partial charge in [0, 0.05) is 24.3 Å². The van der Waals surface area contributed by atoms with Crippen molar-refractivity contribution in [3.8, 4) is 17.1 Å². The van der Waals surface area contributed by atoms with Gasteiger partial charge >= 0.3 is 5.97 Å². The van der Waals surface area contributed by atoms with Gasteiger partial charge in [0.25, 0.3) is 0 Å². The van der Waals surface area contributed by atoms with Crippen LogP contribution in [0.1, 0.15) is 47.2 Å². The van der Waals surface area contributed by atoms with Crippen molar-refractivity contribution in [1.29, 1.82) is 0 Å². The lowest BCUT2D eigenvalue weighted by Crippen LogP contribution is -2.33. The normalized spacial score (nSPS) is 13.3. The van der Waals surface area contributed by atoms with Crippen LogP contribution in [-0.2, 0) is 17.9 Å². The van der Waals surface area contributed by atoms with Crippen molar-refractivity contribution < 1.29 is 14.3 Å². The third-order valence-electron chi connectivity index (χ3n) is 6.76. The van der Waals surface area contributed by atoms with Crippen molar-refractivity contribution in [2.75, 3.05) is 12.0 Å². The number of carbonyl (C=O) groups excluding carboxylic acids is 1. The fourth-order valence-electron chi connectivity index (χ4n) is 4.81. The second-order valence-corrected chi connectivity index (χ2v) is 9.30. The van der Waals surface area contributed by atoms with E-state index in [1.54, 1.807) is 6.07 Å². The van der Waals surface area contributed by atoms with Crippen molar-refractivity contribution >= 4 is 11.8 Å². The van der Waals surface area contributed by atoms with E-state index in [1.165, 1.54) is 20.0 Å². The Morgan fingerprint density at radius 2 is 1.68 bits per heavy atom. The first-order chi connectivity index (χ1) is 18.2. The molecular weight excluding hydrogens is 462 g/mol. The first-order valence-electron chi connectivity index (χ1n) is 12.7. The number of esters is 1. The Bertz CT molecular complexity index is 1320. The van der Waals surface area contributed by atoms with Gasteiger partial charge in [-0.2, -0.15) is 0 Å². The maximum Gasteiger partial charge on any atom is 0.337 e. The summed E-state index contributed by atoms with van der Waals surface area (Å²) in [6.45, 7) is 1.19. The molecule has 3 aromatic carbocycles. The van der Waals surface area contributed by atoms with Crippen molar-refractivity contribution in [2.24, 2.45) is 0 Å². The van der Waals surface area contributed by atoms with Crippen LogP contribution in [0.2, 0.25) is 0 Å².